The van der Waals surface area contributed by atoms with Crippen molar-refractivity contribution in [3.8, 4) is 0 Å². The summed E-state index contributed by atoms with van der Waals surface area (Å²) < 4.78 is 11.0. The summed E-state index contributed by atoms with van der Waals surface area (Å²) in [7, 11) is 0. The highest BCUT2D eigenvalue weighted by atomic mass is 16.7. The zero-order chi connectivity index (χ0) is 11.1. The Balaban J connectivity index is 2.16. The molecule has 1 aromatic carbocycles. The zero-order valence-corrected chi connectivity index (χ0v) is 9.77. The van der Waals surface area contributed by atoms with E-state index >= 15 is 0 Å². The molecule has 1 unspecified atom stereocenters. The first-order chi connectivity index (χ1) is 7.18. The first-order valence-corrected chi connectivity index (χ1v) is 5.49. The van der Waals surface area contributed by atoms with Crippen LogP contribution in [0.3, 0.4) is 0 Å². The van der Waals surface area contributed by atoms with E-state index in [1.54, 1.807) is 0 Å². The molecule has 84 valence electrons. The van der Waals surface area contributed by atoms with Crippen LogP contribution in [0.4, 0.5) is 0 Å². The van der Waals surface area contributed by atoms with Gasteiger partial charge in [-0.2, -0.15) is 0 Å². The lowest BCUT2D eigenvalue weighted by Gasteiger charge is -2.16. The van der Waals surface area contributed by atoms with Gasteiger partial charge in [-0.05, 0) is 32.8 Å². The lowest BCUT2D eigenvalue weighted by atomic mass is 10.2. The first-order valence-electron chi connectivity index (χ1n) is 5.49. The van der Waals surface area contributed by atoms with Gasteiger partial charge >= 0.3 is 0 Å². The van der Waals surface area contributed by atoms with E-state index in [0.29, 0.717) is 6.61 Å². The molecule has 0 saturated heterocycles. The van der Waals surface area contributed by atoms with Crippen LogP contribution in [-0.4, -0.2) is 19.0 Å². The van der Waals surface area contributed by atoms with Gasteiger partial charge in [-0.15, -0.1) is 0 Å². The van der Waals surface area contributed by atoms with Gasteiger partial charge in [0.25, 0.3) is 0 Å². The fourth-order valence-electron chi connectivity index (χ4n) is 1.41. The van der Waals surface area contributed by atoms with Gasteiger partial charge in [0.2, 0.25) is 0 Å². The molecule has 2 heteroatoms. The lowest BCUT2D eigenvalue weighted by molar-refractivity contribution is -0.150. The van der Waals surface area contributed by atoms with Gasteiger partial charge in [0.15, 0.2) is 6.29 Å². The molecule has 1 rings (SSSR count). The summed E-state index contributed by atoms with van der Waals surface area (Å²) >= 11 is 0. The fraction of sp³-hybridized carbons (Fsp3) is 0.538. The highest BCUT2D eigenvalue weighted by molar-refractivity contribution is 5.14. The van der Waals surface area contributed by atoms with E-state index < -0.39 is 0 Å². The maximum Gasteiger partial charge on any atom is 0.155 e. The van der Waals surface area contributed by atoms with Crippen LogP contribution in [0.5, 0.6) is 0 Å². The van der Waals surface area contributed by atoms with Crippen LogP contribution in [0.15, 0.2) is 30.3 Å². The van der Waals surface area contributed by atoms with Crippen molar-refractivity contribution < 1.29 is 9.47 Å². The largest absolute Gasteiger partial charge is 0.353 e. The number of hydrogen-bond donors (Lipinski definition) is 0. The van der Waals surface area contributed by atoms with E-state index in [2.05, 4.69) is 12.1 Å². The van der Waals surface area contributed by atoms with E-state index in [-0.39, 0.29) is 12.4 Å². The molecular weight excluding hydrogens is 188 g/mol. The molecule has 15 heavy (non-hydrogen) atoms. The SMILES string of the molecule is CC(C)OC(C)OCCc1ccccc1. The molecule has 0 aromatic heterocycles. The quantitative estimate of drug-likeness (QED) is 0.669. The minimum Gasteiger partial charge on any atom is -0.353 e. The van der Waals surface area contributed by atoms with Crippen molar-refractivity contribution in [1.29, 1.82) is 0 Å². The molecule has 0 aliphatic carbocycles. The summed E-state index contributed by atoms with van der Waals surface area (Å²) in [5.74, 6) is 0. The lowest BCUT2D eigenvalue weighted by Crippen LogP contribution is -2.18. The molecule has 0 aliphatic heterocycles. The van der Waals surface area contributed by atoms with Gasteiger partial charge in [0, 0.05) is 0 Å². The molecule has 2 nitrogen and oxygen atoms in total. The molecule has 0 heterocycles. The van der Waals surface area contributed by atoms with Crippen molar-refractivity contribution in [3.63, 3.8) is 0 Å². The van der Waals surface area contributed by atoms with Crippen LogP contribution in [0.2, 0.25) is 0 Å². The Morgan fingerprint density at radius 1 is 1.07 bits per heavy atom. The normalized spacial score (nSPS) is 13.1. The van der Waals surface area contributed by atoms with Crippen molar-refractivity contribution in [2.24, 2.45) is 0 Å². The van der Waals surface area contributed by atoms with Crippen molar-refractivity contribution in [2.45, 2.75) is 39.6 Å². The third-order valence-corrected chi connectivity index (χ3v) is 2.05. The van der Waals surface area contributed by atoms with Crippen molar-refractivity contribution in [3.05, 3.63) is 35.9 Å². The monoisotopic (exact) mass is 208 g/mol. The van der Waals surface area contributed by atoms with E-state index in [0.717, 1.165) is 6.42 Å². The smallest absolute Gasteiger partial charge is 0.155 e. The van der Waals surface area contributed by atoms with Crippen molar-refractivity contribution in [1.82, 2.24) is 0 Å². The molecule has 1 aromatic rings. The number of hydrogen-bond acceptors (Lipinski definition) is 2. The van der Waals surface area contributed by atoms with Gasteiger partial charge in [0.05, 0.1) is 12.7 Å². The molecule has 0 radical (unpaired) electrons. The number of rotatable bonds is 6. The molecule has 0 bridgehead atoms. The minimum atomic E-state index is -0.117. The van der Waals surface area contributed by atoms with E-state index in [1.165, 1.54) is 5.56 Å². The Morgan fingerprint density at radius 2 is 1.73 bits per heavy atom. The molecule has 0 N–H and O–H groups in total. The average Bonchev–Trinajstić information content (AvgIpc) is 2.18. The maximum atomic E-state index is 5.53. The summed E-state index contributed by atoms with van der Waals surface area (Å²) in [5.41, 5.74) is 1.30. The Morgan fingerprint density at radius 3 is 2.33 bits per heavy atom. The first kappa shape index (κ1) is 12.2. The molecule has 0 amide bonds. The predicted octanol–water partition coefficient (Wildman–Crippen LogP) is 3.02. The Labute approximate surface area is 92.2 Å². The highest BCUT2D eigenvalue weighted by Gasteiger charge is 2.03. The second kappa shape index (κ2) is 6.59. The molecule has 1 atom stereocenters. The van der Waals surface area contributed by atoms with Gasteiger partial charge in [0.1, 0.15) is 0 Å². The van der Waals surface area contributed by atoms with Crippen LogP contribution in [0.25, 0.3) is 0 Å². The van der Waals surface area contributed by atoms with E-state index in [9.17, 15) is 0 Å². The molecule has 0 spiro atoms. The van der Waals surface area contributed by atoms with Gasteiger partial charge in [-0.3, -0.25) is 0 Å². The zero-order valence-electron chi connectivity index (χ0n) is 9.77. The predicted molar refractivity (Wildman–Crippen MR) is 61.8 cm³/mol. The summed E-state index contributed by atoms with van der Waals surface area (Å²) in [5, 5.41) is 0. The Bertz CT molecular complexity index is 256. The topological polar surface area (TPSA) is 18.5 Å². The third kappa shape index (κ3) is 5.55. The van der Waals surface area contributed by atoms with E-state index in [1.807, 2.05) is 39.0 Å². The van der Waals surface area contributed by atoms with Crippen LogP contribution >= 0.6 is 0 Å². The van der Waals surface area contributed by atoms with Crippen LogP contribution in [-0.2, 0) is 15.9 Å². The summed E-state index contributed by atoms with van der Waals surface area (Å²) in [4.78, 5) is 0. The van der Waals surface area contributed by atoms with Gasteiger partial charge in [-0.1, -0.05) is 30.3 Å². The van der Waals surface area contributed by atoms with Crippen LogP contribution in [0.1, 0.15) is 26.3 Å². The molecule has 0 fully saturated rings. The fourth-order valence-corrected chi connectivity index (χ4v) is 1.41. The van der Waals surface area contributed by atoms with Crippen molar-refractivity contribution >= 4 is 0 Å². The highest BCUT2D eigenvalue weighted by Crippen LogP contribution is 2.03. The third-order valence-electron chi connectivity index (χ3n) is 2.05. The average molecular weight is 208 g/mol. The van der Waals surface area contributed by atoms with Crippen LogP contribution < -0.4 is 0 Å². The summed E-state index contributed by atoms with van der Waals surface area (Å²) in [6.45, 7) is 6.66. The standard InChI is InChI=1S/C13H20O2/c1-11(2)15-12(3)14-10-9-13-7-5-4-6-8-13/h4-8,11-12H,9-10H2,1-3H3. The number of benzene rings is 1. The summed E-state index contributed by atoms with van der Waals surface area (Å²) in [6.07, 6.45) is 1.04. The van der Waals surface area contributed by atoms with Gasteiger partial charge < -0.3 is 9.47 Å². The van der Waals surface area contributed by atoms with Gasteiger partial charge in [-0.25, -0.2) is 0 Å². The maximum absolute atomic E-state index is 5.53. The summed E-state index contributed by atoms with van der Waals surface area (Å²) in [6, 6.07) is 10.3. The Hall–Kier alpha value is -0.860. The van der Waals surface area contributed by atoms with Crippen LogP contribution in [0, 0.1) is 0 Å². The Kier molecular flexibility index (Phi) is 5.37. The molecule has 0 saturated carbocycles. The minimum absolute atomic E-state index is 0.117. The molecular formula is C13H20O2. The second-order valence-corrected chi connectivity index (χ2v) is 3.86. The second-order valence-electron chi connectivity index (χ2n) is 3.86. The van der Waals surface area contributed by atoms with E-state index in [4.69, 9.17) is 9.47 Å². The van der Waals surface area contributed by atoms with Crippen molar-refractivity contribution in [2.75, 3.05) is 6.61 Å². The molecule has 0 aliphatic rings. The number of ether oxygens (including phenoxy) is 2.